The Hall–Kier alpha value is -0.610. The lowest BCUT2D eigenvalue weighted by Crippen LogP contribution is -2.38. The van der Waals surface area contributed by atoms with E-state index in [1.54, 1.807) is 0 Å². The summed E-state index contributed by atoms with van der Waals surface area (Å²) in [4.78, 5) is 13.8. The zero-order chi connectivity index (χ0) is 11.2. The molecule has 0 bridgehead atoms. The molecule has 0 unspecified atom stereocenters. The van der Waals surface area contributed by atoms with Crippen LogP contribution in [0.25, 0.3) is 0 Å². The van der Waals surface area contributed by atoms with Gasteiger partial charge in [-0.1, -0.05) is 0 Å². The van der Waals surface area contributed by atoms with Gasteiger partial charge in [0.1, 0.15) is 0 Å². The highest BCUT2D eigenvalue weighted by Crippen LogP contribution is 2.27. The second-order valence-corrected chi connectivity index (χ2v) is 4.97. The molecule has 0 atom stereocenters. The molecule has 0 aromatic rings. The standard InChI is InChI=1S/C12H23N3O/c16-12(14-9-11-3-4-11)10-13-5-8-15-6-1-2-7-15/h11,13H,1-10H2,(H,14,16). The number of carbonyl (C=O) groups is 1. The summed E-state index contributed by atoms with van der Waals surface area (Å²) >= 11 is 0. The summed E-state index contributed by atoms with van der Waals surface area (Å²) in [5, 5.41) is 6.16. The number of nitrogens with one attached hydrogen (secondary N) is 2. The van der Waals surface area contributed by atoms with Gasteiger partial charge in [-0.3, -0.25) is 4.79 Å². The van der Waals surface area contributed by atoms with E-state index in [-0.39, 0.29) is 5.91 Å². The van der Waals surface area contributed by atoms with E-state index in [1.165, 1.54) is 38.8 Å². The van der Waals surface area contributed by atoms with Gasteiger partial charge in [-0.15, -0.1) is 0 Å². The van der Waals surface area contributed by atoms with E-state index in [0.717, 1.165) is 25.6 Å². The van der Waals surface area contributed by atoms with Crippen molar-refractivity contribution in [2.24, 2.45) is 5.92 Å². The van der Waals surface area contributed by atoms with Crippen molar-refractivity contribution < 1.29 is 4.79 Å². The molecule has 2 N–H and O–H groups in total. The van der Waals surface area contributed by atoms with Crippen LogP contribution in [0.5, 0.6) is 0 Å². The van der Waals surface area contributed by atoms with Crippen molar-refractivity contribution in [2.75, 3.05) is 39.3 Å². The molecule has 0 spiro atoms. The summed E-state index contributed by atoms with van der Waals surface area (Å²) in [6.45, 7) is 5.82. The minimum absolute atomic E-state index is 0.147. The first-order valence-corrected chi connectivity index (χ1v) is 6.54. The van der Waals surface area contributed by atoms with E-state index >= 15 is 0 Å². The molecular weight excluding hydrogens is 202 g/mol. The Morgan fingerprint density at radius 2 is 2.00 bits per heavy atom. The third-order valence-corrected chi connectivity index (χ3v) is 3.37. The van der Waals surface area contributed by atoms with E-state index in [2.05, 4.69) is 15.5 Å². The van der Waals surface area contributed by atoms with Crippen LogP contribution in [0.4, 0.5) is 0 Å². The van der Waals surface area contributed by atoms with Gasteiger partial charge in [0.05, 0.1) is 6.54 Å². The lowest BCUT2D eigenvalue weighted by molar-refractivity contribution is -0.120. The Labute approximate surface area is 97.8 Å². The van der Waals surface area contributed by atoms with Crippen molar-refractivity contribution >= 4 is 5.91 Å². The highest BCUT2D eigenvalue weighted by Gasteiger charge is 2.21. The molecule has 1 saturated carbocycles. The molecule has 16 heavy (non-hydrogen) atoms. The first kappa shape index (κ1) is 11.9. The molecule has 2 rings (SSSR count). The van der Waals surface area contributed by atoms with E-state index < -0.39 is 0 Å². The minimum Gasteiger partial charge on any atom is -0.355 e. The maximum atomic E-state index is 11.4. The first-order chi connectivity index (χ1) is 7.84. The summed E-state index contributed by atoms with van der Waals surface area (Å²) in [7, 11) is 0. The fourth-order valence-electron chi connectivity index (χ4n) is 2.09. The smallest absolute Gasteiger partial charge is 0.233 e. The Morgan fingerprint density at radius 1 is 1.25 bits per heavy atom. The van der Waals surface area contributed by atoms with E-state index in [0.29, 0.717) is 6.54 Å². The normalized spacial score (nSPS) is 21.2. The summed E-state index contributed by atoms with van der Waals surface area (Å²) in [5.41, 5.74) is 0. The van der Waals surface area contributed by atoms with Crippen LogP contribution in [0.15, 0.2) is 0 Å². The molecule has 1 amide bonds. The van der Waals surface area contributed by atoms with Gasteiger partial charge < -0.3 is 15.5 Å². The minimum atomic E-state index is 0.147. The van der Waals surface area contributed by atoms with Crippen molar-refractivity contribution in [3.8, 4) is 0 Å². The second-order valence-electron chi connectivity index (χ2n) is 4.97. The highest BCUT2D eigenvalue weighted by atomic mass is 16.1. The third kappa shape index (κ3) is 4.49. The average Bonchev–Trinajstić information content (AvgIpc) is 2.97. The number of nitrogens with zero attached hydrogens (tertiary/aromatic N) is 1. The molecule has 0 aromatic heterocycles. The van der Waals surface area contributed by atoms with Crippen LogP contribution >= 0.6 is 0 Å². The topological polar surface area (TPSA) is 44.4 Å². The van der Waals surface area contributed by atoms with E-state index in [4.69, 9.17) is 0 Å². The summed E-state index contributed by atoms with van der Waals surface area (Å²) in [6.07, 6.45) is 5.26. The molecule has 1 saturated heterocycles. The Morgan fingerprint density at radius 3 is 2.69 bits per heavy atom. The van der Waals surface area contributed by atoms with Crippen molar-refractivity contribution in [1.82, 2.24) is 15.5 Å². The molecule has 92 valence electrons. The molecule has 1 aliphatic heterocycles. The van der Waals surface area contributed by atoms with Crippen LogP contribution in [-0.4, -0.2) is 50.1 Å². The number of hydrogen-bond donors (Lipinski definition) is 2. The molecular formula is C12H23N3O. The molecule has 1 aliphatic carbocycles. The van der Waals surface area contributed by atoms with Crippen LogP contribution in [0, 0.1) is 5.92 Å². The Kier molecular flexibility index (Phi) is 4.60. The first-order valence-electron chi connectivity index (χ1n) is 6.54. The molecule has 1 heterocycles. The van der Waals surface area contributed by atoms with Crippen LogP contribution in [-0.2, 0) is 4.79 Å². The van der Waals surface area contributed by atoms with Gasteiger partial charge in [-0.25, -0.2) is 0 Å². The average molecular weight is 225 g/mol. The van der Waals surface area contributed by atoms with Crippen LogP contribution < -0.4 is 10.6 Å². The monoisotopic (exact) mass is 225 g/mol. The van der Waals surface area contributed by atoms with Gasteiger partial charge >= 0.3 is 0 Å². The quantitative estimate of drug-likeness (QED) is 0.608. The summed E-state index contributed by atoms with van der Waals surface area (Å²) in [6, 6.07) is 0. The Balaban J connectivity index is 1.42. The van der Waals surface area contributed by atoms with Gasteiger partial charge in [0.2, 0.25) is 5.91 Å². The van der Waals surface area contributed by atoms with Gasteiger partial charge in [0, 0.05) is 19.6 Å². The van der Waals surface area contributed by atoms with Crippen molar-refractivity contribution in [2.45, 2.75) is 25.7 Å². The number of amides is 1. The van der Waals surface area contributed by atoms with Crippen molar-refractivity contribution in [3.63, 3.8) is 0 Å². The number of carbonyl (C=O) groups excluding carboxylic acids is 1. The molecule has 0 aromatic carbocycles. The fraction of sp³-hybridized carbons (Fsp3) is 0.917. The zero-order valence-electron chi connectivity index (χ0n) is 10.0. The van der Waals surface area contributed by atoms with E-state index in [9.17, 15) is 4.79 Å². The van der Waals surface area contributed by atoms with Gasteiger partial charge in [0.25, 0.3) is 0 Å². The molecule has 4 heteroatoms. The zero-order valence-corrected chi connectivity index (χ0v) is 10.0. The number of hydrogen-bond acceptors (Lipinski definition) is 3. The molecule has 0 radical (unpaired) electrons. The van der Waals surface area contributed by atoms with Gasteiger partial charge in [-0.2, -0.15) is 0 Å². The highest BCUT2D eigenvalue weighted by molar-refractivity contribution is 5.77. The number of likely N-dealkylation sites (tertiary alicyclic amines) is 1. The lowest BCUT2D eigenvalue weighted by atomic mass is 10.4. The largest absolute Gasteiger partial charge is 0.355 e. The summed E-state index contributed by atoms with van der Waals surface area (Å²) < 4.78 is 0. The predicted octanol–water partition coefficient (Wildman–Crippen LogP) is 0.198. The summed E-state index contributed by atoms with van der Waals surface area (Å²) in [5.74, 6) is 0.918. The van der Waals surface area contributed by atoms with Crippen molar-refractivity contribution in [3.05, 3.63) is 0 Å². The molecule has 4 nitrogen and oxygen atoms in total. The second kappa shape index (κ2) is 6.21. The fourth-order valence-corrected chi connectivity index (χ4v) is 2.09. The van der Waals surface area contributed by atoms with Gasteiger partial charge in [0.15, 0.2) is 0 Å². The molecule has 2 fully saturated rings. The third-order valence-electron chi connectivity index (χ3n) is 3.37. The lowest BCUT2D eigenvalue weighted by Gasteiger charge is -2.14. The number of rotatable bonds is 7. The maximum absolute atomic E-state index is 11.4. The molecule has 2 aliphatic rings. The van der Waals surface area contributed by atoms with Crippen LogP contribution in [0.3, 0.4) is 0 Å². The van der Waals surface area contributed by atoms with Crippen LogP contribution in [0.2, 0.25) is 0 Å². The maximum Gasteiger partial charge on any atom is 0.233 e. The van der Waals surface area contributed by atoms with E-state index in [1.807, 2.05) is 0 Å². The van der Waals surface area contributed by atoms with Crippen LogP contribution in [0.1, 0.15) is 25.7 Å². The Bertz CT molecular complexity index is 222. The van der Waals surface area contributed by atoms with Crippen molar-refractivity contribution in [1.29, 1.82) is 0 Å². The van der Waals surface area contributed by atoms with Gasteiger partial charge in [-0.05, 0) is 44.7 Å². The predicted molar refractivity (Wildman–Crippen MR) is 64.3 cm³/mol. The SMILES string of the molecule is O=C(CNCCN1CCCC1)NCC1CC1.